The molecule has 0 spiro atoms. The van der Waals surface area contributed by atoms with Gasteiger partial charge in [0.1, 0.15) is 12.1 Å². The largest absolute Gasteiger partial charge is 0.481 e. The number of rotatable bonds is 72. The number of hydrogen-bond acceptors (Lipinski definition) is 13. The van der Waals surface area contributed by atoms with Crippen molar-refractivity contribution in [3.8, 4) is 0 Å². The van der Waals surface area contributed by atoms with Crippen LogP contribution in [0.5, 0.6) is 0 Å². The highest BCUT2D eigenvalue weighted by molar-refractivity contribution is 5.86. The number of hydrogen-bond donors (Lipinski definition) is 8. The summed E-state index contributed by atoms with van der Waals surface area (Å²) in [4.78, 5) is 88.3. The molecule has 1 aliphatic rings. The van der Waals surface area contributed by atoms with Gasteiger partial charge in [-0.25, -0.2) is 14.4 Å². The van der Waals surface area contributed by atoms with Crippen molar-refractivity contribution in [3.63, 3.8) is 0 Å². The van der Waals surface area contributed by atoms with Gasteiger partial charge in [0.15, 0.2) is 5.79 Å². The van der Waals surface area contributed by atoms with Crippen LogP contribution >= 0.6 is 0 Å². The third kappa shape index (κ3) is 51.7. The Bertz CT molecular complexity index is 2190. The Hall–Kier alpha value is -4.15. The van der Waals surface area contributed by atoms with Crippen molar-refractivity contribution in [3.05, 3.63) is 0 Å². The van der Waals surface area contributed by atoms with Crippen molar-refractivity contribution in [2.75, 3.05) is 66.2 Å². The average molecular weight is 1470 g/mol. The predicted octanol–water partition coefficient (Wildman–Crippen LogP) is 17.5. The molecule has 0 radical (unpaired) electrons. The van der Waals surface area contributed by atoms with Gasteiger partial charge in [-0.15, -0.1) is 0 Å². The van der Waals surface area contributed by atoms with E-state index in [0.29, 0.717) is 45.3 Å². The Balaban J connectivity index is 2.46. The maximum Gasteiger partial charge on any atom is 0.326 e. The van der Waals surface area contributed by atoms with E-state index < -0.39 is 70.4 Å². The molecular formula is C82H156N6O15. The lowest BCUT2D eigenvalue weighted by molar-refractivity contribution is -0.180. The fraction of sp³-hybridized carbons (Fsp3) is 0.915. The third-order valence-corrected chi connectivity index (χ3v) is 20.9. The van der Waals surface area contributed by atoms with E-state index in [2.05, 4.69) is 52.4 Å². The Labute approximate surface area is 626 Å². The minimum absolute atomic E-state index is 0.00820. The van der Waals surface area contributed by atoms with E-state index in [1.54, 1.807) is 13.8 Å². The summed E-state index contributed by atoms with van der Waals surface area (Å²) in [6.07, 6.45) is 51.2. The van der Waals surface area contributed by atoms with Crippen molar-refractivity contribution in [1.29, 1.82) is 0 Å². The highest BCUT2D eigenvalue weighted by Gasteiger charge is 2.41. The molecule has 1 fully saturated rings. The van der Waals surface area contributed by atoms with Gasteiger partial charge in [0, 0.05) is 51.9 Å². The topological polar surface area (TPSA) is 290 Å². The van der Waals surface area contributed by atoms with E-state index in [9.17, 15) is 43.8 Å². The maximum absolute atomic E-state index is 13.5. The van der Waals surface area contributed by atoms with E-state index in [4.69, 9.17) is 28.8 Å². The number of urea groups is 1. The highest BCUT2D eigenvalue weighted by Crippen LogP contribution is 2.36. The number of unbranched alkanes of at least 4 members (excludes halogenated alkanes) is 33. The van der Waals surface area contributed by atoms with Crippen molar-refractivity contribution < 1.29 is 72.6 Å². The van der Waals surface area contributed by atoms with Gasteiger partial charge in [0.2, 0.25) is 17.7 Å². The molecular weight excluding hydrogens is 1310 g/mol. The Morgan fingerprint density at radius 1 is 0.485 bits per heavy atom. The summed E-state index contributed by atoms with van der Waals surface area (Å²) in [5, 5.41) is 40.9. The lowest BCUT2D eigenvalue weighted by Gasteiger charge is -2.34. The average Bonchev–Trinajstić information content (AvgIpc) is 1.66. The minimum Gasteiger partial charge on any atom is -0.481 e. The van der Waals surface area contributed by atoms with Gasteiger partial charge >= 0.3 is 23.9 Å². The van der Waals surface area contributed by atoms with E-state index in [1.807, 2.05) is 41.5 Å². The van der Waals surface area contributed by atoms with Gasteiger partial charge in [0.05, 0.1) is 61.2 Å². The van der Waals surface area contributed by atoms with Crippen LogP contribution in [-0.2, 0) is 52.5 Å². The van der Waals surface area contributed by atoms with Gasteiger partial charge < -0.3 is 70.5 Å². The molecule has 103 heavy (non-hydrogen) atoms. The molecule has 0 bridgehead atoms. The van der Waals surface area contributed by atoms with Crippen LogP contribution in [0.1, 0.15) is 371 Å². The van der Waals surface area contributed by atoms with Gasteiger partial charge in [0.25, 0.3) is 0 Å². The summed E-state index contributed by atoms with van der Waals surface area (Å²) in [6, 6.07) is -3.91. The van der Waals surface area contributed by atoms with Gasteiger partial charge in [-0.1, -0.05) is 227 Å². The molecule has 5 atom stereocenters. The van der Waals surface area contributed by atoms with Crippen LogP contribution in [0.15, 0.2) is 0 Å². The second-order valence-corrected chi connectivity index (χ2v) is 32.0. The third-order valence-electron chi connectivity index (χ3n) is 20.9. The second kappa shape index (κ2) is 58.9. The molecule has 3 unspecified atom stereocenters. The van der Waals surface area contributed by atoms with Crippen LogP contribution in [0.25, 0.3) is 0 Å². The van der Waals surface area contributed by atoms with Crippen molar-refractivity contribution in [2.24, 2.45) is 5.41 Å². The molecule has 0 saturated carbocycles. The van der Waals surface area contributed by atoms with E-state index in [-0.39, 0.29) is 76.0 Å². The SMILES string of the molecule is CCCCCCCCCCCCCCCCCCC1(CCCCCCCCCCCCCCCCCC)OCC(CCN(C)CCCCCC(=O)NCC(C)(CC)OCC(C)(C)OCCNC(=O)C(C)(CC)COC(C)(C)CC(=O)NCCCC[C@@H](NC(=O)N[C@H](CCC(=O)O)C(=O)O)C(=O)O)O1. The zero-order valence-electron chi connectivity index (χ0n) is 67.5. The molecule has 5 amide bonds. The zero-order chi connectivity index (χ0) is 76.5. The number of carbonyl (C=O) groups is 7. The summed E-state index contributed by atoms with van der Waals surface area (Å²) < 4.78 is 32.4. The van der Waals surface area contributed by atoms with Crippen molar-refractivity contribution in [1.82, 2.24) is 31.5 Å². The van der Waals surface area contributed by atoms with Crippen LogP contribution in [0.2, 0.25) is 0 Å². The number of aliphatic carboxylic acids is 3. The predicted molar refractivity (Wildman–Crippen MR) is 414 cm³/mol. The van der Waals surface area contributed by atoms with E-state index in [1.165, 1.54) is 205 Å². The first kappa shape index (κ1) is 96.9. The van der Waals surface area contributed by atoms with Gasteiger partial charge in [-0.3, -0.25) is 19.2 Å². The molecule has 604 valence electrons. The molecule has 21 nitrogen and oxygen atoms in total. The Morgan fingerprint density at radius 2 is 0.961 bits per heavy atom. The van der Waals surface area contributed by atoms with Gasteiger partial charge in [-0.05, 0) is 126 Å². The monoisotopic (exact) mass is 1470 g/mol. The van der Waals surface area contributed by atoms with Crippen LogP contribution < -0.4 is 26.6 Å². The second-order valence-electron chi connectivity index (χ2n) is 32.0. The number of nitrogens with one attached hydrogen (secondary N) is 5. The molecule has 8 N–H and O–H groups in total. The highest BCUT2D eigenvalue weighted by atomic mass is 16.7. The molecule has 0 aromatic rings. The van der Waals surface area contributed by atoms with Crippen LogP contribution in [0.3, 0.4) is 0 Å². The normalized spacial score (nSPS) is 15.7. The number of carbonyl (C=O) groups excluding carboxylic acids is 4. The molecule has 1 heterocycles. The quantitative estimate of drug-likeness (QED) is 0.0263. The first-order valence-corrected chi connectivity index (χ1v) is 41.7. The van der Waals surface area contributed by atoms with Crippen LogP contribution in [0.4, 0.5) is 4.79 Å². The van der Waals surface area contributed by atoms with Crippen molar-refractivity contribution in [2.45, 2.75) is 412 Å². The molecule has 0 aliphatic carbocycles. The number of nitrogens with zero attached hydrogens (tertiary/aromatic N) is 1. The van der Waals surface area contributed by atoms with Crippen LogP contribution in [-0.4, -0.2) is 169 Å². The molecule has 1 rings (SSSR count). The summed E-state index contributed by atoms with van der Waals surface area (Å²) in [5.41, 5.74) is -3.12. The van der Waals surface area contributed by atoms with E-state index >= 15 is 0 Å². The molecule has 21 heteroatoms. The Kier molecular flexibility index (Phi) is 55.4. The summed E-state index contributed by atoms with van der Waals surface area (Å²) in [5.74, 6) is -4.95. The first-order valence-electron chi connectivity index (χ1n) is 41.7. The van der Waals surface area contributed by atoms with Crippen molar-refractivity contribution >= 4 is 41.7 Å². The lowest BCUT2D eigenvalue weighted by atomic mass is 9.87. The minimum atomic E-state index is -1.51. The summed E-state index contributed by atoms with van der Waals surface area (Å²) in [7, 11) is 2.20. The number of carboxylic acid groups (broad SMARTS) is 3. The summed E-state index contributed by atoms with van der Waals surface area (Å²) in [6.45, 7) is 23.8. The molecule has 0 aromatic heterocycles. The fourth-order valence-corrected chi connectivity index (χ4v) is 13.1. The number of carboxylic acids is 3. The smallest absolute Gasteiger partial charge is 0.326 e. The molecule has 0 aromatic carbocycles. The summed E-state index contributed by atoms with van der Waals surface area (Å²) >= 11 is 0. The maximum atomic E-state index is 13.5. The standard InChI is InChI=1S/C82H156N6O15/c1-12-16-18-20-22-24-26-28-30-32-34-36-38-40-42-47-56-82(57-48-43-41-39-37-35-33-31-29-27-25-23-21-19-17-13-2)100-64-68(103-82)55-61-88(11)60-50-44-45-52-71(89)85-65-81(10,15-4)102-66-79(7,8)99-62-59-84-76(97)80(9,14-3)67-101-78(5,6)63-72(90)83-58-49-46-51-69(74(93)94)86-77(98)87-70(75(95)96)53-54-73(91)92/h68-70H,12-67H2,1-11H3,(H,83,90)(H,84,97)(H,85,89)(H,91,92)(H,93,94)(H,95,96)(H2,86,87,98)/t68?,69-,70-,80?,81?/m1/s1. The first-order chi connectivity index (χ1) is 49.2. The van der Waals surface area contributed by atoms with Gasteiger partial charge in [-0.2, -0.15) is 0 Å². The number of ether oxygens (including phenoxy) is 5. The Morgan fingerprint density at radius 3 is 1.43 bits per heavy atom. The zero-order valence-corrected chi connectivity index (χ0v) is 67.5. The molecule has 1 aliphatic heterocycles. The van der Waals surface area contributed by atoms with Crippen LogP contribution in [0, 0.1) is 5.41 Å². The molecule has 1 saturated heterocycles. The lowest BCUT2D eigenvalue weighted by Crippen LogP contribution is -2.51. The van der Waals surface area contributed by atoms with E-state index in [0.717, 1.165) is 51.6 Å². The number of amides is 5. The fourth-order valence-electron chi connectivity index (χ4n) is 13.1.